The van der Waals surface area contributed by atoms with Gasteiger partial charge in [0, 0.05) is 11.5 Å². The Morgan fingerprint density at radius 2 is 2.18 bits per heavy atom. The van der Waals surface area contributed by atoms with E-state index in [1.807, 2.05) is 0 Å². The molecule has 1 heterocycles. The Balaban J connectivity index is 2.15. The molecule has 2 bridgehead atoms. The largest absolute Gasteiger partial charge is 0.215 e. The van der Waals surface area contributed by atoms with Crippen molar-refractivity contribution in [2.45, 2.75) is 50.8 Å². The molecule has 2 aliphatic carbocycles. The predicted molar refractivity (Wildman–Crippen MR) is 68.0 cm³/mol. The van der Waals surface area contributed by atoms with Crippen molar-refractivity contribution in [3.63, 3.8) is 0 Å². The quantitative estimate of drug-likeness (QED) is 0.768. The number of hydrogen-bond acceptors (Lipinski definition) is 2. The van der Waals surface area contributed by atoms with E-state index in [2.05, 4.69) is 25.1 Å². The van der Waals surface area contributed by atoms with Crippen molar-refractivity contribution < 1.29 is 8.42 Å². The Morgan fingerprint density at radius 3 is 2.76 bits per heavy atom. The highest BCUT2D eigenvalue weighted by molar-refractivity contribution is 7.90. The van der Waals surface area contributed by atoms with Gasteiger partial charge in [-0.2, -0.15) is 0 Å². The molecule has 17 heavy (non-hydrogen) atoms. The number of allylic oxidation sites excluding steroid dienone is 1. The fraction of sp³-hybridized carbons (Fsp3) is 0.846. The molecule has 1 spiro atoms. The second-order valence-corrected chi connectivity index (χ2v) is 8.36. The second kappa shape index (κ2) is 3.15. The van der Waals surface area contributed by atoms with Crippen LogP contribution in [0.1, 0.15) is 39.5 Å². The van der Waals surface area contributed by atoms with Gasteiger partial charge in [0.1, 0.15) is 0 Å². The average Bonchev–Trinajstić information content (AvgIpc) is 2.69. The van der Waals surface area contributed by atoms with E-state index in [0.717, 1.165) is 12.8 Å². The number of nitrogens with one attached hydrogen (secondary N) is 1. The summed E-state index contributed by atoms with van der Waals surface area (Å²) in [4.78, 5) is 0. The summed E-state index contributed by atoms with van der Waals surface area (Å²) in [5.41, 5.74) is 0.0899. The molecular formula is C13H21NO2S. The van der Waals surface area contributed by atoms with E-state index in [1.165, 1.54) is 6.42 Å². The third-order valence-electron chi connectivity index (χ3n) is 5.91. The summed E-state index contributed by atoms with van der Waals surface area (Å²) in [7, 11) is -3.14. The van der Waals surface area contributed by atoms with Gasteiger partial charge in [-0.15, -0.1) is 6.58 Å². The van der Waals surface area contributed by atoms with E-state index < -0.39 is 10.0 Å². The van der Waals surface area contributed by atoms with Crippen LogP contribution in [0.3, 0.4) is 0 Å². The average molecular weight is 255 g/mol. The Labute approximate surface area is 104 Å². The monoisotopic (exact) mass is 255 g/mol. The van der Waals surface area contributed by atoms with Crippen LogP contribution in [-0.2, 0) is 10.0 Å². The summed E-state index contributed by atoms with van der Waals surface area (Å²) >= 11 is 0. The van der Waals surface area contributed by atoms with Crippen molar-refractivity contribution in [1.82, 2.24) is 4.72 Å². The summed E-state index contributed by atoms with van der Waals surface area (Å²) in [6.45, 7) is 8.27. The first-order valence-corrected chi connectivity index (χ1v) is 8.03. The van der Waals surface area contributed by atoms with E-state index in [1.54, 1.807) is 6.08 Å². The van der Waals surface area contributed by atoms with Crippen molar-refractivity contribution in [2.75, 3.05) is 0 Å². The minimum Gasteiger partial charge on any atom is -0.212 e. The molecule has 1 saturated heterocycles. The molecule has 1 aliphatic heterocycles. The Bertz CT molecular complexity index is 468. The molecule has 96 valence electrons. The summed E-state index contributed by atoms with van der Waals surface area (Å²) in [6.07, 6.45) is 5.62. The maximum atomic E-state index is 12.3. The number of sulfonamides is 1. The van der Waals surface area contributed by atoms with Gasteiger partial charge in [-0.25, -0.2) is 13.1 Å². The molecular weight excluding hydrogens is 234 g/mol. The molecule has 0 radical (unpaired) electrons. The molecule has 3 rings (SSSR count). The number of rotatable bonds is 2. The van der Waals surface area contributed by atoms with Gasteiger partial charge < -0.3 is 0 Å². The fourth-order valence-electron chi connectivity index (χ4n) is 5.01. The molecule has 4 atom stereocenters. The van der Waals surface area contributed by atoms with Gasteiger partial charge in [0.15, 0.2) is 0 Å². The molecule has 4 unspecified atom stereocenters. The zero-order valence-corrected chi connectivity index (χ0v) is 11.4. The highest BCUT2D eigenvalue weighted by Crippen LogP contribution is 2.70. The molecule has 0 aromatic heterocycles. The zero-order valence-electron chi connectivity index (χ0n) is 10.6. The Morgan fingerprint density at radius 1 is 1.47 bits per heavy atom. The Hall–Kier alpha value is -0.350. The predicted octanol–water partition coefficient (Wildman–Crippen LogP) is 2.06. The van der Waals surface area contributed by atoms with Gasteiger partial charge in [-0.3, -0.25) is 0 Å². The van der Waals surface area contributed by atoms with E-state index in [0.29, 0.717) is 12.3 Å². The summed E-state index contributed by atoms with van der Waals surface area (Å²) in [5.74, 6) is 0.683. The van der Waals surface area contributed by atoms with E-state index >= 15 is 0 Å². The van der Waals surface area contributed by atoms with Crippen molar-refractivity contribution in [2.24, 2.45) is 16.7 Å². The second-order valence-electron chi connectivity index (χ2n) is 6.46. The first-order chi connectivity index (χ1) is 7.86. The molecule has 0 aromatic carbocycles. The topological polar surface area (TPSA) is 46.2 Å². The lowest BCUT2D eigenvalue weighted by Crippen LogP contribution is -2.44. The SMILES string of the molecule is C=CCC1C23CCC(CC2NS1(=O)=O)C3(C)C. The molecule has 2 saturated carbocycles. The van der Waals surface area contributed by atoms with Gasteiger partial charge in [-0.1, -0.05) is 19.9 Å². The van der Waals surface area contributed by atoms with Crippen LogP contribution in [0.25, 0.3) is 0 Å². The zero-order chi connectivity index (χ0) is 12.5. The van der Waals surface area contributed by atoms with Crippen LogP contribution in [0.2, 0.25) is 0 Å². The standard InChI is InChI=1S/C13H21NO2S/c1-4-5-11-13-7-6-9(12(13,2)3)8-10(13)14-17(11,15)16/h4,9-11,14H,1,5-8H2,2-3H3. The lowest BCUT2D eigenvalue weighted by atomic mass is 9.65. The third-order valence-corrected chi connectivity index (χ3v) is 7.88. The van der Waals surface area contributed by atoms with Crippen LogP contribution in [0.5, 0.6) is 0 Å². The van der Waals surface area contributed by atoms with Crippen LogP contribution in [0.4, 0.5) is 0 Å². The van der Waals surface area contributed by atoms with Crippen molar-refractivity contribution >= 4 is 10.0 Å². The van der Waals surface area contributed by atoms with E-state index in [9.17, 15) is 8.42 Å². The molecule has 0 amide bonds. The minimum atomic E-state index is -3.14. The highest BCUT2D eigenvalue weighted by atomic mass is 32.2. The lowest BCUT2D eigenvalue weighted by molar-refractivity contribution is 0.114. The molecule has 3 fully saturated rings. The van der Waals surface area contributed by atoms with Gasteiger partial charge >= 0.3 is 0 Å². The van der Waals surface area contributed by atoms with Gasteiger partial charge in [0.25, 0.3) is 0 Å². The Kier molecular flexibility index (Phi) is 2.17. The molecule has 3 aliphatic rings. The molecule has 0 aromatic rings. The molecule has 3 nitrogen and oxygen atoms in total. The lowest BCUT2D eigenvalue weighted by Gasteiger charge is -2.40. The van der Waals surface area contributed by atoms with Gasteiger partial charge in [0.05, 0.1) is 5.25 Å². The normalized spacial score (nSPS) is 49.2. The van der Waals surface area contributed by atoms with Crippen molar-refractivity contribution in [3.8, 4) is 0 Å². The first kappa shape index (κ1) is 11.7. The van der Waals surface area contributed by atoms with Crippen LogP contribution in [-0.4, -0.2) is 19.7 Å². The van der Waals surface area contributed by atoms with Gasteiger partial charge in [-0.05, 0) is 37.0 Å². The van der Waals surface area contributed by atoms with Crippen molar-refractivity contribution in [1.29, 1.82) is 0 Å². The van der Waals surface area contributed by atoms with E-state index in [-0.39, 0.29) is 22.1 Å². The van der Waals surface area contributed by atoms with Crippen LogP contribution in [0, 0.1) is 16.7 Å². The van der Waals surface area contributed by atoms with Crippen LogP contribution in [0.15, 0.2) is 12.7 Å². The maximum Gasteiger partial charge on any atom is 0.215 e. The highest BCUT2D eigenvalue weighted by Gasteiger charge is 2.72. The van der Waals surface area contributed by atoms with Crippen molar-refractivity contribution in [3.05, 3.63) is 12.7 Å². The van der Waals surface area contributed by atoms with Crippen LogP contribution >= 0.6 is 0 Å². The number of fused-ring (bicyclic) bond motifs is 1. The summed E-state index contributed by atoms with van der Waals surface area (Å²) < 4.78 is 27.5. The minimum absolute atomic E-state index is 0.0509. The fourth-order valence-corrected chi connectivity index (χ4v) is 7.40. The van der Waals surface area contributed by atoms with Gasteiger partial charge in [0.2, 0.25) is 10.0 Å². The summed E-state index contributed by atoms with van der Waals surface area (Å²) in [6, 6.07) is 0.172. The first-order valence-electron chi connectivity index (χ1n) is 6.48. The molecule has 4 heteroatoms. The summed E-state index contributed by atoms with van der Waals surface area (Å²) in [5, 5.41) is -0.264. The number of hydrogen-bond donors (Lipinski definition) is 1. The van der Waals surface area contributed by atoms with Crippen LogP contribution < -0.4 is 4.72 Å². The van der Waals surface area contributed by atoms with E-state index in [4.69, 9.17) is 0 Å². The maximum absolute atomic E-state index is 12.3. The smallest absolute Gasteiger partial charge is 0.212 e. The molecule has 1 N–H and O–H groups in total. The third kappa shape index (κ3) is 1.14.